The van der Waals surface area contributed by atoms with Crippen molar-refractivity contribution in [1.29, 1.82) is 0 Å². The van der Waals surface area contributed by atoms with Crippen molar-refractivity contribution in [3.05, 3.63) is 77.4 Å². The summed E-state index contributed by atoms with van der Waals surface area (Å²) in [6, 6.07) is 12.4. The standard InChI is InChI=1S/C20H17FN4OS/c1-13-9-16(21)8-7-14(13)11-24(2)19(26)15-10-22-25(12-15)20-23-17-5-3-4-6-18(17)27-20/h3-10,12H,11H2,1-2H3. The largest absolute Gasteiger partial charge is 0.337 e. The van der Waals surface area contributed by atoms with E-state index in [0.29, 0.717) is 17.2 Å². The number of halogens is 1. The Kier molecular flexibility index (Phi) is 4.45. The van der Waals surface area contributed by atoms with Crippen LogP contribution in [0.2, 0.25) is 0 Å². The van der Waals surface area contributed by atoms with Crippen LogP contribution >= 0.6 is 11.3 Å². The van der Waals surface area contributed by atoms with Gasteiger partial charge in [-0.3, -0.25) is 4.79 Å². The molecule has 0 aliphatic heterocycles. The Bertz CT molecular complexity index is 1100. The van der Waals surface area contributed by atoms with E-state index in [1.54, 1.807) is 35.1 Å². The highest BCUT2D eigenvalue weighted by molar-refractivity contribution is 7.20. The van der Waals surface area contributed by atoms with Gasteiger partial charge >= 0.3 is 0 Å². The summed E-state index contributed by atoms with van der Waals surface area (Å²) in [6.45, 7) is 2.24. The van der Waals surface area contributed by atoms with Crippen LogP contribution in [0.25, 0.3) is 15.3 Å². The normalized spacial score (nSPS) is 11.1. The van der Waals surface area contributed by atoms with Crippen molar-refractivity contribution in [1.82, 2.24) is 19.7 Å². The highest BCUT2D eigenvalue weighted by Crippen LogP contribution is 2.24. The Labute approximate surface area is 159 Å². The molecule has 27 heavy (non-hydrogen) atoms. The molecule has 4 rings (SSSR count). The number of thiazole rings is 1. The van der Waals surface area contributed by atoms with E-state index < -0.39 is 0 Å². The molecule has 2 aromatic carbocycles. The van der Waals surface area contributed by atoms with E-state index >= 15 is 0 Å². The lowest BCUT2D eigenvalue weighted by Crippen LogP contribution is -2.26. The van der Waals surface area contributed by atoms with Gasteiger partial charge in [0.1, 0.15) is 5.82 Å². The lowest BCUT2D eigenvalue weighted by molar-refractivity contribution is 0.0785. The average molecular weight is 380 g/mol. The fourth-order valence-corrected chi connectivity index (χ4v) is 3.78. The average Bonchev–Trinajstić information content (AvgIpc) is 3.29. The minimum atomic E-state index is -0.276. The van der Waals surface area contributed by atoms with Crippen LogP contribution in [0.1, 0.15) is 21.5 Å². The number of fused-ring (bicyclic) bond motifs is 1. The van der Waals surface area contributed by atoms with E-state index in [1.807, 2.05) is 31.2 Å². The first kappa shape index (κ1) is 17.4. The second kappa shape index (κ2) is 6.92. The fraction of sp³-hybridized carbons (Fsp3) is 0.150. The van der Waals surface area contributed by atoms with Crippen molar-refractivity contribution in [2.75, 3.05) is 7.05 Å². The van der Waals surface area contributed by atoms with Gasteiger partial charge in [-0.05, 0) is 42.3 Å². The molecule has 1 amide bonds. The number of hydrogen-bond donors (Lipinski definition) is 0. The van der Waals surface area contributed by atoms with Crippen LogP contribution in [0.4, 0.5) is 4.39 Å². The van der Waals surface area contributed by atoms with Crippen molar-refractivity contribution in [3.63, 3.8) is 0 Å². The van der Waals surface area contributed by atoms with E-state index in [2.05, 4.69) is 10.1 Å². The molecule has 0 fully saturated rings. The first-order valence-electron chi connectivity index (χ1n) is 8.42. The van der Waals surface area contributed by atoms with Crippen LogP contribution in [-0.4, -0.2) is 32.6 Å². The van der Waals surface area contributed by atoms with E-state index in [-0.39, 0.29) is 11.7 Å². The van der Waals surface area contributed by atoms with Crippen molar-refractivity contribution >= 4 is 27.5 Å². The van der Waals surface area contributed by atoms with E-state index in [0.717, 1.165) is 21.3 Å². The topological polar surface area (TPSA) is 51.0 Å². The predicted octanol–water partition coefficient (Wildman–Crippen LogP) is 4.20. The zero-order chi connectivity index (χ0) is 19.0. The van der Waals surface area contributed by atoms with Crippen LogP contribution in [0.15, 0.2) is 54.9 Å². The quantitative estimate of drug-likeness (QED) is 0.533. The molecule has 2 aromatic heterocycles. The molecule has 0 radical (unpaired) electrons. The number of para-hydroxylation sites is 1. The smallest absolute Gasteiger partial charge is 0.257 e. The molecule has 0 atom stereocenters. The molecule has 0 spiro atoms. The van der Waals surface area contributed by atoms with E-state index in [4.69, 9.17) is 0 Å². The van der Waals surface area contributed by atoms with Crippen LogP contribution in [-0.2, 0) is 6.54 Å². The van der Waals surface area contributed by atoms with Crippen LogP contribution in [0.5, 0.6) is 0 Å². The SMILES string of the molecule is Cc1cc(F)ccc1CN(C)C(=O)c1cnn(-c2nc3ccccc3s2)c1. The van der Waals surface area contributed by atoms with Gasteiger partial charge in [-0.2, -0.15) is 5.10 Å². The molecular formula is C20H17FN4OS. The van der Waals surface area contributed by atoms with E-state index in [9.17, 15) is 9.18 Å². The molecular weight excluding hydrogens is 363 g/mol. The van der Waals surface area contributed by atoms with E-state index in [1.165, 1.54) is 23.5 Å². The van der Waals surface area contributed by atoms with Crippen molar-refractivity contribution in [2.45, 2.75) is 13.5 Å². The third-order valence-corrected chi connectivity index (χ3v) is 5.39. The number of hydrogen-bond acceptors (Lipinski definition) is 4. The number of aromatic nitrogens is 3. The molecule has 0 saturated heterocycles. The second-order valence-electron chi connectivity index (χ2n) is 6.37. The van der Waals surface area contributed by atoms with Gasteiger partial charge in [0.05, 0.1) is 22.0 Å². The molecule has 0 saturated carbocycles. The van der Waals surface area contributed by atoms with Gasteiger partial charge in [-0.15, -0.1) is 0 Å². The third kappa shape index (κ3) is 3.46. The van der Waals surface area contributed by atoms with Crippen LogP contribution in [0, 0.1) is 12.7 Å². The fourth-order valence-electron chi connectivity index (χ4n) is 2.88. The lowest BCUT2D eigenvalue weighted by atomic mass is 10.1. The number of amides is 1. The van der Waals surface area contributed by atoms with Crippen LogP contribution in [0.3, 0.4) is 0 Å². The third-order valence-electron chi connectivity index (χ3n) is 4.37. The summed E-state index contributed by atoms with van der Waals surface area (Å²) >= 11 is 1.52. The summed E-state index contributed by atoms with van der Waals surface area (Å²) in [5, 5.41) is 5.00. The number of carbonyl (C=O) groups excluding carboxylic acids is 1. The summed E-state index contributed by atoms with van der Waals surface area (Å²) in [7, 11) is 1.72. The molecule has 4 aromatic rings. The molecule has 0 bridgehead atoms. The number of rotatable bonds is 4. The highest BCUT2D eigenvalue weighted by Gasteiger charge is 2.16. The minimum absolute atomic E-state index is 0.147. The van der Waals surface area contributed by atoms with Gasteiger partial charge in [0.15, 0.2) is 0 Å². The number of carbonyl (C=O) groups is 1. The molecule has 0 unspecified atom stereocenters. The number of aryl methyl sites for hydroxylation is 1. The Hall–Kier alpha value is -3.06. The van der Waals surface area contributed by atoms with Gasteiger partial charge in [0, 0.05) is 19.8 Å². The Balaban J connectivity index is 1.54. The molecule has 136 valence electrons. The summed E-state index contributed by atoms with van der Waals surface area (Å²) in [4.78, 5) is 18.9. The van der Waals surface area contributed by atoms with Gasteiger partial charge < -0.3 is 4.90 Å². The molecule has 0 N–H and O–H groups in total. The highest BCUT2D eigenvalue weighted by atomic mass is 32.1. The summed E-state index contributed by atoms with van der Waals surface area (Å²) in [5.74, 6) is -0.423. The zero-order valence-electron chi connectivity index (χ0n) is 14.9. The summed E-state index contributed by atoms with van der Waals surface area (Å²) in [6.07, 6.45) is 3.23. The molecule has 0 aliphatic carbocycles. The maximum absolute atomic E-state index is 13.3. The molecule has 2 heterocycles. The molecule has 7 heteroatoms. The minimum Gasteiger partial charge on any atom is -0.337 e. The Morgan fingerprint density at radius 3 is 2.85 bits per heavy atom. The monoisotopic (exact) mass is 380 g/mol. The molecule has 0 aliphatic rings. The maximum atomic E-state index is 13.3. The summed E-state index contributed by atoms with van der Waals surface area (Å²) < 4.78 is 15.9. The first-order chi connectivity index (χ1) is 13.0. The lowest BCUT2D eigenvalue weighted by Gasteiger charge is -2.17. The summed E-state index contributed by atoms with van der Waals surface area (Å²) in [5.41, 5.74) is 3.12. The second-order valence-corrected chi connectivity index (χ2v) is 7.38. The van der Waals surface area contributed by atoms with Crippen molar-refractivity contribution in [3.8, 4) is 5.13 Å². The Morgan fingerprint density at radius 2 is 2.07 bits per heavy atom. The van der Waals surface area contributed by atoms with Crippen molar-refractivity contribution in [2.24, 2.45) is 0 Å². The van der Waals surface area contributed by atoms with Gasteiger partial charge in [0.25, 0.3) is 5.91 Å². The Morgan fingerprint density at radius 1 is 1.26 bits per heavy atom. The first-order valence-corrected chi connectivity index (χ1v) is 9.24. The van der Waals surface area contributed by atoms with Gasteiger partial charge in [0.2, 0.25) is 5.13 Å². The van der Waals surface area contributed by atoms with Crippen molar-refractivity contribution < 1.29 is 9.18 Å². The number of nitrogens with zero attached hydrogens (tertiary/aromatic N) is 4. The van der Waals surface area contributed by atoms with Gasteiger partial charge in [-0.25, -0.2) is 14.1 Å². The number of benzene rings is 2. The van der Waals surface area contributed by atoms with Crippen LogP contribution < -0.4 is 0 Å². The predicted molar refractivity (Wildman–Crippen MR) is 104 cm³/mol. The maximum Gasteiger partial charge on any atom is 0.257 e. The van der Waals surface area contributed by atoms with Gasteiger partial charge in [-0.1, -0.05) is 29.5 Å². The zero-order valence-corrected chi connectivity index (χ0v) is 15.7. The molecule has 5 nitrogen and oxygen atoms in total.